The smallest absolute Gasteiger partial charge is 0.0991 e. The molecule has 5 rings (SSSR count). The fourth-order valence-electron chi connectivity index (χ4n) is 4.46. The Morgan fingerprint density at radius 3 is 2.60 bits per heavy atom. The number of hydrogen-bond donors (Lipinski definition) is 1. The molecule has 1 unspecified atom stereocenters. The summed E-state index contributed by atoms with van der Waals surface area (Å²) in [5.74, 6) is 0. The van der Waals surface area contributed by atoms with Crippen LogP contribution in [0.25, 0.3) is 10.9 Å². The van der Waals surface area contributed by atoms with Gasteiger partial charge in [0.05, 0.1) is 27.7 Å². The van der Waals surface area contributed by atoms with Gasteiger partial charge in [0.1, 0.15) is 0 Å². The molecule has 0 radical (unpaired) electrons. The molecule has 0 spiro atoms. The van der Waals surface area contributed by atoms with Crippen LogP contribution >= 0.6 is 23.2 Å². The van der Waals surface area contributed by atoms with Crippen molar-refractivity contribution in [2.45, 2.75) is 19.0 Å². The van der Waals surface area contributed by atoms with E-state index < -0.39 is 0 Å². The van der Waals surface area contributed by atoms with Crippen molar-refractivity contribution in [3.8, 4) is 6.07 Å². The molecule has 148 valence electrons. The normalized spacial score (nSPS) is 16.4. The van der Waals surface area contributed by atoms with E-state index in [4.69, 9.17) is 28.5 Å². The van der Waals surface area contributed by atoms with Gasteiger partial charge in [-0.05, 0) is 47.4 Å². The van der Waals surface area contributed by atoms with Crippen molar-refractivity contribution in [2.75, 3.05) is 6.54 Å². The molecule has 1 N–H and O–H groups in total. The zero-order valence-electron chi connectivity index (χ0n) is 16.2. The van der Waals surface area contributed by atoms with Gasteiger partial charge in [0.15, 0.2) is 0 Å². The summed E-state index contributed by atoms with van der Waals surface area (Å²) >= 11 is 13.1. The van der Waals surface area contributed by atoms with Crippen molar-refractivity contribution in [2.24, 2.45) is 0 Å². The minimum atomic E-state index is -0.0250. The van der Waals surface area contributed by atoms with E-state index in [0.29, 0.717) is 15.6 Å². The van der Waals surface area contributed by atoms with Gasteiger partial charge in [0, 0.05) is 29.7 Å². The maximum Gasteiger partial charge on any atom is 0.0991 e. The highest BCUT2D eigenvalue weighted by atomic mass is 35.5. The molecule has 0 fully saturated rings. The summed E-state index contributed by atoms with van der Waals surface area (Å²) < 4.78 is 0. The molecule has 30 heavy (non-hydrogen) atoms. The molecule has 0 saturated carbocycles. The van der Waals surface area contributed by atoms with Gasteiger partial charge in [-0.2, -0.15) is 5.26 Å². The van der Waals surface area contributed by atoms with Crippen LogP contribution in [0.4, 0.5) is 0 Å². The highest BCUT2D eigenvalue weighted by Crippen LogP contribution is 2.42. The number of aromatic amines is 1. The first-order valence-corrected chi connectivity index (χ1v) is 10.7. The molecule has 3 aromatic carbocycles. The number of nitriles is 1. The summed E-state index contributed by atoms with van der Waals surface area (Å²) in [4.78, 5) is 6.09. The number of halogens is 2. The minimum absolute atomic E-state index is 0.0250. The van der Waals surface area contributed by atoms with Crippen LogP contribution in [0.1, 0.15) is 34.0 Å². The number of nitrogens with zero attached hydrogens (tertiary/aromatic N) is 2. The number of H-pyrrole nitrogens is 1. The van der Waals surface area contributed by atoms with Crippen molar-refractivity contribution < 1.29 is 0 Å². The van der Waals surface area contributed by atoms with Gasteiger partial charge >= 0.3 is 0 Å². The third kappa shape index (κ3) is 3.28. The van der Waals surface area contributed by atoms with E-state index in [9.17, 15) is 0 Å². The molecular weight excluding hydrogens is 413 g/mol. The van der Waals surface area contributed by atoms with Gasteiger partial charge in [-0.3, -0.25) is 4.90 Å². The Bertz CT molecular complexity index is 1270. The van der Waals surface area contributed by atoms with E-state index in [1.54, 1.807) is 0 Å². The Morgan fingerprint density at radius 2 is 1.80 bits per heavy atom. The summed E-state index contributed by atoms with van der Waals surface area (Å²) in [6, 6.07) is 24.2. The molecule has 5 heteroatoms. The lowest BCUT2D eigenvalue weighted by Crippen LogP contribution is -2.35. The average molecular weight is 432 g/mol. The minimum Gasteiger partial charge on any atom is -0.357 e. The van der Waals surface area contributed by atoms with E-state index in [0.717, 1.165) is 36.2 Å². The molecule has 1 aromatic heterocycles. The molecule has 4 aromatic rings. The second-order valence-electron chi connectivity index (χ2n) is 7.64. The molecule has 0 aliphatic carbocycles. The summed E-state index contributed by atoms with van der Waals surface area (Å²) in [5, 5.41) is 11.5. The largest absolute Gasteiger partial charge is 0.357 e. The second kappa shape index (κ2) is 7.81. The first-order valence-electron chi connectivity index (χ1n) is 9.92. The Hall–Kier alpha value is -2.77. The summed E-state index contributed by atoms with van der Waals surface area (Å²) in [6.07, 6.45) is 0.963. The molecule has 0 amide bonds. The quantitative estimate of drug-likeness (QED) is 0.402. The van der Waals surface area contributed by atoms with Crippen LogP contribution in [-0.2, 0) is 13.0 Å². The lowest BCUT2D eigenvalue weighted by atomic mass is 9.92. The SMILES string of the molecule is N#Cc1ccc(CN2CCc3c([nH]c4ccccc34)C2c2cccc(Cl)c2Cl)cc1. The van der Waals surface area contributed by atoms with Crippen molar-refractivity contribution in [3.63, 3.8) is 0 Å². The fraction of sp³-hybridized carbons (Fsp3) is 0.160. The van der Waals surface area contributed by atoms with Crippen LogP contribution in [0.15, 0.2) is 66.7 Å². The number of fused-ring (bicyclic) bond motifs is 3. The highest BCUT2D eigenvalue weighted by molar-refractivity contribution is 6.42. The molecule has 3 nitrogen and oxygen atoms in total. The first-order chi connectivity index (χ1) is 14.7. The maximum atomic E-state index is 9.08. The number of rotatable bonds is 3. The van der Waals surface area contributed by atoms with Gasteiger partial charge < -0.3 is 4.98 Å². The van der Waals surface area contributed by atoms with Gasteiger partial charge in [-0.1, -0.05) is 65.7 Å². The standard InChI is InChI=1S/C25H19Cl2N3/c26-21-6-3-5-20(23(21)27)25-24-19(18-4-1-2-7-22(18)29-24)12-13-30(25)15-17-10-8-16(14-28)9-11-17/h1-11,25,29H,12-13,15H2. The van der Waals surface area contributed by atoms with E-state index in [1.807, 2.05) is 36.4 Å². The van der Waals surface area contributed by atoms with Crippen LogP contribution < -0.4 is 0 Å². The Balaban J connectivity index is 1.63. The van der Waals surface area contributed by atoms with E-state index in [-0.39, 0.29) is 6.04 Å². The van der Waals surface area contributed by atoms with E-state index in [1.165, 1.54) is 16.6 Å². The molecule has 0 bridgehead atoms. The predicted octanol–water partition coefficient (Wildman–Crippen LogP) is 6.49. The van der Waals surface area contributed by atoms with Crippen LogP contribution in [0.5, 0.6) is 0 Å². The van der Waals surface area contributed by atoms with Crippen LogP contribution in [0.2, 0.25) is 10.0 Å². The van der Waals surface area contributed by atoms with Gasteiger partial charge in [0.25, 0.3) is 0 Å². The lowest BCUT2D eigenvalue weighted by molar-refractivity contribution is 0.202. The van der Waals surface area contributed by atoms with Gasteiger partial charge in [-0.25, -0.2) is 0 Å². The number of nitrogens with one attached hydrogen (secondary N) is 1. The molecule has 2 heterocycles. The summed E-state index contributed by atoms with van der Waals surface area (Å²) in [7, 11) is 0. The van der Waals surface area contributed by atoms with Crippen LogP contribution in [-0.4, -0.2) is 16.4 Å². The average Bonchev–Trinajstić information content (AvgIpc) is 3.15. The van der Waals surface area contributed by atoms with Crippen molar-refractivity contribution in [1.82, 2.24) is 9.88 Å². The monoisotopic (exact) mass is 431 g/mol. The van der Waals surface area contributed by atoms with Gasteiger partial charge in [0.2, 0.25) is 0 Å². The Kier molecular flexibility index (Phi) is 5.00. The van der Waals surface area contributed by atoms with E-state index >= 15 is 0 Å². The third-order valence-corrected chi connectivity index (χ3v) is 6.71. The number of para-hydroxylation sites is 1. The second-order valence-corrected chi connectivity index (χ2v) is 8.42. The molecule has 1 aliphatic rings. The topological polar surface area (TPSA) is 42.8 Å². The first kappa shape index (κ1) is 19.2. The maximum absolute atomic E-state index is 9.08. The molecular formula is C25H19Cl2N3. The van der Waals surface area contributed by atoms with Crippen LogP contribution in [0.3, 0.4) is 0 Å². The predicted molar refractivity (Wildman–Crippen MR) is 122 cm³/mol. The molecule has 1 aliphatic heterocycles. The summed E-state index contributed by atoms with van der Waals surface area (Å²) in [6.45, 7) is 1.66. The Labute approximate surface area is 185 Å². The van der Waals surface area contributed by atoms with Crippen molar-refractivity contribution in [3.05, 3.63) is 105 Å². The molecule has 1 atom stereocenters. The highest BCUT2D eigenvalue weighted by Gasteiger charge is 2.33. The molecule has 0 saturated heterocycles. The van der Waals surface area contributed by atoms with Crippen molar-refractivity contribution in [1.29, 1.82) is 5.26 Å². The summed E-state index contributed by atoms with van der Waals surface area (Å²) in [5.41, 5.74) is 6.51. The van der Waals surface area contributed by atoms with Crippen molar-refractivity contribution >= 4 is 34.1 Å². The number of benzene rings is 3. The van der Waals surface area contributed by atoms with E-state index in [2.05, 4.69) is 46.3 Å². The Morgan fingerprint density at radius 1 is 1.00 bits per heavy atom. The van der Waals surface area contributed by atoms with Gasteiger partial charge in [-0.15, -0.1) is 0 Å². The fourth-order valence-corrected chi connectivity index (χ4v) is 4.88. The number of aromatic nitrogens is 1. The third-order valence-electron chi connectivity index (χ3n) is 5.88. The zero-order valence-corrected chi connectivity index (χ0v) is 17.7. The zero-order chi connectivity index (χ0) is 20.7. The number of hydrogen-bond acceptors (Lipinski definition) is 2. The van der Waals surface area contributed by atoms with Crippen LogP contribution in [0, 0.1) is 11.3 Å². The lowest BCUT2D eigenvalue weighted by Gasteiger charge is -2.36.